The Morgan fingerprint density at radius 3 is 2.08 bits per heavy atom. The van der Waals surface area contributed by atoms with Gasteiger partial charge in [-0.3, -0.25) is 0 Å². The maximum atomic E-state index is 6.38. The van der Waals surface area contributed by atoms with E-state index in [1.807, 2.05) is 36.4 Å². The van der Waals surface area contributed by atoms with Gasteiger partial charge in [0.15, 0.2) is 11.0 Å². The molecule has 0 spiro atoms. The summed E-state index contributed by atoms with van der Waals surface area (Å²) in [6, 6.07) is 16.0. The summed E-state index contributed by atoms with van der Waals surface area (Å²) in [5, 5.41) is 0.469. The summed E-state index contributed by atoms with van der Waals surface area (Å²) in [4.78, 5) is 13.8. The van der Waals surface area contributed by atoms with Gasteiger partial charge in [0.2, 0.25) is 0 Å². The number of piperazine rings is 1. The molecule has 1 aliphatic heterocycles. The van der Waals surface area contributed by atoms with Gasteiger partial charge in [0.1, 0.15) is 5.75 Å². The predicted octanol–water partition coefficient (Wildman–Crippen LogP) is 3.62. The number of hydrogen-bond donors (Lipinski definition) is 0. The second-order valence-corrected chi connectivity index (χ2v) is 6.36. The topological polar surface area (TPSA) is 41.5 Å². The van der Waals surface area contributed by atoms with Gasteiger partial charge in [-0.1, -0.05) is 23.7 Å². The van der Waals surface area contributed by atoms with Gasteiger partial charge in [-0.25, -0.2) is 9.97 Å². The van der Waals surface area contributed by atoms with Crippen LogP contribution in [0, 0.1) is 0 Å². The van der Waals surface area contributed by atoms with E-state index in [0.29, 0.717) is 5.15 Å². The first-order valence-corrected chi connectivity index (χ1v) is 8.68. The maximum Gasteiger partial charge on any atom is 0.172 e. The minimum Gasteiger partial charge on any atom is -0.497 e. The Bertz CT molecular complexity index is 876. The standard InChI is InChI=1S/C19H19ClN4O/c1-25-15-8-6-14(7-9-15)23-10-12-24(13-11-23)19-18(20)21-16-4-2-3-5-17(16)22-19/h2-9H,10-13H2,1H3. The van der Waals surface area contributed by atoms with E-state index in [0.717, 1.165) is 48.8 Å². The highest BCUT2D eigenvalue weighted by Crippen LogP contribution is 2.27. The van der Waals surface area contributed by atoms with Crippen molar-refractivity contribution in [2.45, 2.75) is 0 Å². The molecule has 1 fully saturated rings. The van der Waals surface area contributed by atoms with E-state index in [1.54, 1.807) is 7.11 Å². The average Bonchev–Trinajstić information content (AvgIpc) is 2.68. The lowest BCUT2D eigenvalue weighted by atomic mass is 10.2. The maximum absolute atomic E-state index is 6.38. The fraction of sp³-hybridized carbons (Fsp3) is 0.263. The van der Waals surface area contributed by atoms with Crippen molar-refractivity contribution in [2.75, 3.05) is 43.1 Å². The minimum absolute atomic E-state index is 0.469. The van der Waals surface area contributed by atoms with Crippen molar-refractivity contribution in [1.29, 1.82) is 0 Å². The van der Waals surface area contributed by atoms with Crippen LogP contribution in [0.15, 0.2) is 48.5 Å². The quantitative estimate of drug-likeness (QED) is 0.718. The Hall–Kier alpha value is -2.53. The third kappa shape index (κ3) is 3.20. The van der Waals surface area contributed by atoms with Gasteiger partial charge in [-0.2, -0.15) is 0 Å². The zero-order valence-electron chi connectivity index (χ0n) is 14.0. The Kier molecular flexibility index (Phi) is 4.32. The van der Waals surface area contributed by atoms with Gasteiger partial charge in [0, 0.05) is 31.9 Å². The molecule has 0 aliphatic carbocycles. The number of nitrogens with zero attached hydrogens (tertiary/aromatic N) is 4. The van der Waals surface area contributed by atoms with E-state index in [9.17, 15) is 0 Å². The van der Waals surface area contributed by atoms with Crippen molar-refractivity contribution in [3.63, 3.8) is 0 Å². The SMILES string of the molecule is COc1ccc(N2CCN(c3nc4ccccc4nc3Cl)CC2)cc1. The number of methoxy groups -OCH3 is 1. The van der Waals surface area contributed by atoms with Crippen LogP contribution in [0.3, 0.4) is 0 Å². The van der Waals surface area contributed by atoms with Crippen molar-refractivity contribution in [3.8, 4) is 5.75 Å². The number of hydrogen-bond acceptors (Lipinski definition) is 5. The first kappa shape index (κ1) is 16.0. The molecule has 0 N–H and O–H groups in total. The molecule has 3 aromatic rings. The molecule has 0 unspecified atom stereocenters. The second kappa shape index (κ2) is 6.76. The van der Waals surface area contributed by atoms with Crippen LogP contribution < -0.4 is 14.5 Å². The van der Waals surface area contributed by atoms with Crippen molar-refractivity contribution >= 4 is 34.1 Å². The molecule has 6 heteroatoms. The molecule has 0 radical (unpaired) electrons. The van der Waals surface area contributed by atoms with Gasteiger partial charge < -0.3 is 14.5 Å². The van der Waals surface area contributed by atoms with Crippen LogP contribution in [0.1, 0.15) is 0 Å². The van der Waals surface area contributed by atoms with Crippen molar-refractivity contribution in [3.05, 3.63) is 53.7 Å². The van der Waals surface area contributed by atoms with Crippen molar-refractivity contribution in [2.24, 2.45) is 0 Å². The molecule has 0 bridgehead atoms. The van der Waals surface area contributed by atoms with E-state index in [-0.39, 0.29) is 0 Å². The molecule has 0 saturated carbocycles. The summed E-state index contributed by atoms with van der Waals surface area (Å²) in [6.45, 7) is 3.55. The zero-order chi connectivity index (χ0) is 17.2. The lowest BCUT2D eigenvalue weighted by molar-refractivity contribution is 0.415. The molecular weight excluding hydrogens is 336 g/mol. The normalized spacial score (nSPS) is 14.8. The van der Waals surface area contributed by atoms with E-state index < -0.39 is 0 Å². The van der Waals surface area contributed by atoms with Crippen LogP contribution in [-0.2, 0) is 0 Å². The monoisotopic (exact) mass is 354 g/mol. The Morgan fingerprint density at radius 2 is 1.44 bits per heavy atom. The highest BCUT2D eigenvalue weighted by molar-refractivity contribution is 6.32. The third-order valence-corrected chi connectivity index (χ3v) is 4.78. The Morgan fingerprint density at radius 1 is 0.840 bits per heavy atom. The van der Waals surface area contributed by atoms with Gasteiger partial charge in [0.25, 0.3) is 0 Å². The first-order valence-electron chi connectivity index (χ1n) is 8.31. The summed E-state index contributed by atoms with van der Waals surface area (Å²) in [5.74, 6) is 1.65. The average molecular weight is 355 g/mol. The number of rotatable bonds is 3. The molecule has 2 aromatic carbocycles. The van der Waals surface area contributed by atoms with Gasteiger partial charge in [-0.05, 0) is 36.4 Å². The molecular formula is C19H19ClN4O. The number of benzene rings is 2. The molecule has 4 rings (SSSR count). The van der Waals surface area contributed by atoms with E-state index >= 15 is 0 Å². The van der Waals surface area contributed by atoms with Crippen LogP contribution in [0.2, 0.25) is 5.15 Å². The van der Waals surface area contributed by atoms with Crippen LogP contribution in [-0.4, -0.2) is 43.3 Å². The first-order chi connectivity index (χ1) is 12.2. The lowest BCUT2D eigenvalue weighted by Crippen LogP contribution is -2.47. The van der Waals surface area contributed by atoms with Crippen LogP contribution in [0.4, 0.5) is 11.5 Å². The minimum atomic E-state index is 0.469. The van der Waals surface area contributed by atoms with Crippen LogP contribution in [0.25, 0.3) is 11.0 Å². The van der Waals surface area contributed by atoms with Gasteiger partial charge in [0.05, 0.1) is 18.1 Å². The second-order valence-electron chi connectivity index (χ2n) is 6.00. The fourth-order valence-electron chi connectivity index (χ4n) is 3.14. The molecule has 25 heavy (non-hydrogen) atoms. The summed E-state index contributed by atoms with van der Waals surface area (Å²) in [5.41, 5.74) is 2.91. The Labute approximate surface area is 151 Å². The predicted molar refractivity (Wildman–Crippen MR) is 102 cm³/mol. The van der Waals surface area contributed by atoms with Gasteiger partial charge >= 0.3 is 0 Å². The highest BCUT2D eigenvalue weighted by atomic mass is 35.5. The molecule has 5 nitrogen and oxygen atoms in total. The number of halogens is 1. The van der Waals surface area contributed by atoms with Gasteiger partial charge in [-0.15, -0.1) is 0 Å². The number of para-hydroxylation sites is 2. The Balaban J connectivity index is 1.50. The van der Waals surface area contributed by atoms with E-state index in [4.69, 9.17) is 21.3 Å². The summed E-state index contributed by atoms with van der Waals surface area (Å²) >= 11 is 6.38. The zero-order valence-corrected chi connectivity index (χ0v) is 14.8. The number of anilines is 2. The van der Waals surface area contributed by atoms with E-state index in [2.05, 4.69) is 26.9 Å². The van der Waals surface area contributed by atoms with Crippen molar-refractivity contribution < 1.29 is 4.74 Å². The van der Waals surface area contributed by atoms with Crippen LogP contribution >= 0.6 is 11.6 Å². The summed E-state index contributed by atoms with van der Waals surface area (Å²) in [7, 11) is 1.68. The van der Waals surface area contributed by atoms with E-state index in [1.165, 1.54) is 5.69 Å². The fourth-order valence-corrected chi connectivity index (χ4v) is 3.39. The number of ether oxygens (including phenoxy) is 1. The summed E-state index contributed by atoms with van der Waals surface area (Å²) < 4.78 is 5.22. The summed E-state index contributed by atoms with van der Waals surface area (Å²) in [6.07, 6.45) is 0. The largest absolute Gasteiger partial charge is 0.497 e. The van der Waals surface area contributed by atoms with Crippen LogP contribution in [0.5, 0.6) is 5.75 Å². The molecule has 1 aliphatic rings. The molecule has 1 saturated heterocycles. The molecule has 128 valence electrons. The molecule has 2 heterocycles. The van der Waals surface area contributed by atoms with Crippen molar-refractivity contribution in [1.82, 2.24) is 9.97 Å². The smallest absolute Gasteiger partial charge is 0.172 e. The lowest BCUT2D eigenvalue weighted by Gasteiger charge is -2.36. The molecule has 0 amide bonds. The number of aromatic nitrogens is 2. The molecule has 1 aromatic heterocycles. The third-order valence-electron chi connectivity index (χ3n) is 4.53. The number of fused-ring (bicyclic) bond motifs is 1. The highest BCUT2D eigenvalue weighted by Gasteiger charge is 2.21. The molecule has 0 atom stereocenters.